The Morgan fingerprint density at radius 2 is 1.96 bits per heavy atom. The van der Waals surface area contributed by atoms with Crippen LogP contribution in [0.15, 0.2) is 24.3 Å². The first-order valence-corrected chi connectivity index (χ1v) is 9.53. The van der Waals surface area contributed by atoms with Crippen molar-refractivity contribution in [3.63, 3.8) is 0 Å². The minimum absolute atomic E-state index is 0.115. The Labute approximate surface area is 159 Å². The van der Waals surface area contributed by atoms with Gasteiger partial charge in [-0.05, 0) is 56.6 Å². The molecule has 2 amide bonds. The van der Waals surface area contributed by atoms with Crippen LogP contribution in [0.3, 0.4) is 0 Å². The van der Waals surface area contributed by atoms with Crippen LogP contribution in [0.1, 0.15) is 55.1 Å². The van der Waals surface area contributed by atoms with Gasteiger partial charge in [-0.25, -0.2) is 0 Å². The highest BCUT2D eigenvalue weighted by molar-refractivity contribution is 7.80. The van der Waals surface area contributed by atoms with Crippen molar-refractivity contribution in [1.82, 2.24) is 14.8 Å². The number of amides is 2. The van der Waals surface area contributed by atoms with Gasteiger partial charge in [0, 0.05) is 24.0 Å². The molecular formula is C20H25N3O2S. The van der Waals surface area contributed by atoms with Crippen LogP contribution in [0.5, 0.6) is 0 Å². The molecule has 3 rings (SSSR count). The van der Waals surface area contributed by atoms with Crippen LogP contribution in [0.25, 0.3) is 6.08 Å². The quantitative estimate of drug-likeness (QED) is 0.382. The third-order valence-electron chi connectivity index (χ3n) is 5.26. The first-order chi connectivity index (χ1) is 12.4. The van der Waals surface area contributed by atoms with Crippen LogP contribution >= 0.6 is 12.2 Å². The Kier molecular flexibility index (Phi) is 5.41. The fraction of sp³-hybridized carbons (Fsp3) is 0.450. The van der Waals surface area contributed by atoms with Gasteiger partial charge in [0.1, 0.15) is 5.57 Å². The predicted molar refractivity (Wildman–Crippen MR) is 107 cm³/mol. The standard InChI is InChI=1S/C20H25N3O2S/c1-4-10-22-19(25)17(18(24)21-20(22)26)12-15-11-13(2)23(14(15)3)16-8-6-5-7-9-16/h4,11-12,16H,1,5-10H2,2-3H3,(H,21,24,26)/b17-12-. The van der Waals surface area contributed by atoms with E-state index in [0.29, 0.717) is 6.04 Å². The van der Waals surface area contributed by atoms with Crippen molar-refractivity contribution in [1.29, 1.82) is 0 Å². The summed E-state index contributed by atoms with van der Waals surface area (Å²) in [6.07, 6.45) is 9.48. The van der Waals surface area contributed by atoms with E-state index in [1.807, 2.05) is 0 Å². The number of nitrogens with zero attached hydrogens (tertiary/aromatic N) is 2. The molecule has 1 aliphatic heterocycles. The van der Waals surface area contributed by atoms with Crippen molar-refractivity contribution < 1.29 is 9.59 Å². The van der Waals surface area contributed by atoms with E-state index in [2.05, 4.69) is 36.4 Å². The maximum absolute atomic E-state index is 12.7. The molecular weight excluding hydrogens is 346 g/mol. The molecule has 1 saturated carbocycles. The average molecular weight is 372 g/mol. The molecule has 0 unspecified atom stereocenters. The molecule has 2 heterocycles. The molecule has 0 atom stereocenters. The van der Waals surface area contributed by atoms with Gasteiger partial charge >= 0.3 is 0 Å². The van der Waals surface area contributed by atoms with E-state index in [1.54, 1.807) is 12.2 Å². The molecule has 1 saturated heterocycles. The lowest BCUT2D eigenvalue weighted by atomic mass is 9.95. The molecule has 1 aromatic rings. The summed E-state index contributed by atoms with van der Waals surface area (Å²) in [6.45, 7) is 8.07. The largest absolute Gasteiger partial charge is 0.346 e. The highest BCUT2D eigenvalue weighted by Gasteiger charge is 2.33. The SMILES string of the molecule is C=CCN1C(=O)/C(=C\c2cc(C)n(C3CCCCC3)c2C)C(=O)NC1=S. The van der Waals surface area contributed by atoms with Gasteiger partial charge in [0.05, 0.1) is 0 Å². The second-order valence-corrected chi connectivity index (χ2v) is 7.40. The van der Waals surface area contributed by atoms with Gasteiger partial charge in [0.2, 0.25) is 0 Å². The van der Waals surface area contributed by atoms with E-state index < -0.39 is 5.91 Å². The number of rotatable bonds is 4. The van der Waals surface area contributed by atoms with E-state index in [9.17, 15) is 9.59 Å². The average Bonchev–Trinajstić information content (AvgIpc) is 2.89. The number of hydrogen-bond acceptors (Lipinski definition) is 3. The summed E-state index contributed by atoms with van der Waals surface area (Å²) >= 11 is 5.09. The van der Waals surface area contributed by atoms with Gasteiger partial charge in [-0.1, -0.05) is 25.3 Å². The molecule has 0 spiro atoms. The van der Waals surface area contributed by atoms with Crippen LogP contribution in [-0.4, -0.2) is 32.9 Å². The molecule has 1 aromatic heterocycles. The van der Waals surface area contributed by atoms with Gasteiger partial charge in [0.15, 0.2) is 5.11 Å². The molecule has 1 aliphatic carbocycles. The van der Waals surface area contributed by atoms with Crippen LogP contribution in [-0.2, 0) is 9.59 Å². The first-order valence-electron chi connectivity index (χ1n) is 9.12. The Morgan fingerprint density at radius 3 is 2.62 bits per heavy atom. The fourth-order valence-corrected chi connectivity index (χ4v) is 4.24. The molecule has 0 aromatic carbocycles. The molecule has 1 N–H and O–H groups in total. The van der Waals surface area contributed by atoms with Crippen LogP contribution in [0.2, 0.25) is 0 Å². The van der Waals surface area contributed by atoms with E-state index in [-0.39, 0.29) is 23.1 Å². The van der Waals surface area contributed by atoms with Gasteiger partial charge in [0.25, 0.3) is 11.8 Å². The highest BCUT2D eigenvalue weighted by atomic mass is 32.1. The number of carbonyl (C=O) groups excluding carboxylic acids is 2. The van der Waals surface area contributed by atoms with Crippen molar-refractivity contribution in [2.24, 2.45) is 0 Å². The molecule has 0 bridgehead atoms. The normalized spacial score (nSPS) is 20.6. The third kappa shape index (κ3) is 3.38. The van der Waals surface area contributed by atoms with E-state index >= 15 is 0 Å². The molecule has 5 nitrogen and oxygen atoms in total. The molecule has 138 valence electrons. The lowest BCUT2D eigenvalue weighted by Gasteiger charge is -2.28. The Balaban J connectivity index is 1.96. The summed E-state index contributed by atoms with van der Waals surface area (Å²) in [5, 5.41) is 2.72. The molecule has 26 heavy (non-hydrogen) atoms. The van der Waals surface area contributed by atoms with Gasteiger partial charge < -0.3 is 4.57 Å². The summed E-state index contributed by atoms with van der Waals surface area (Å²) in [5.41, 5.74) is 3.30. The second-order valence-electron chi connectivity index (χ2n) is 7.01. The number of nitrogens with one attached hydrogen (secondary N) is 1. The number of aromatic nitrogens is 1. The Morgan fingerprint density at radius 1 is 1.27 bits per heavy atom. The van der Waals surface area contributed by atoms with Crippen molar-refractivity contribution in [2.75, 3.05) is 6.54 Å². The van der Waals surface area contributed by atoms with Crippen LogP contribution in [0, 0.1) is 13.8 Å². The summed E-state index contributed by atoms with van der Waals surface area (Å²) < 4.78 is 2.36. The van der Waals surface area contributed by atoms with Gasteiger partial charge in [-0.2, -0.15) is 0 Å². The monoisotopic (exact) mass is 371 g/mol. The van der Waals surface area contributed by atoms with Gasteiger partial charge in [-0.3, -0.25) is 19.8 Å². The topological polar surface area (TPSA) is 54.3 Å². The lowest BCUT2D eigenvalue weighted by Crippen LogP contribution is -2.53. The fourth-order valence-electron chi connectivity index (χ4n) is 3.99. The summed E-state index contributed by atoms with van der Waals surface area (Å²) in [5.74, 6) is -0.816. The molecule has 2 fully saturated rings. The zero-order valence-electron chi connectivity index (χ0n) is 15.4. The van der Waals surface area contributed by atoms with Crippen molar-refractivity contribution in [3.8, 4) is 0 Å². The zero-order chi connectivity index (χ0) is 18.8. The third-order valence-corrected chi connectivity index (χ3v) is 5.58. The van der Waals surface area contributed by atoms with Crippen molar-refractivity contribution in [3.05, 3.63) is 41.2 Å². The maximum Gasteiger partial charge on any atom is 0.265 e. The zero-order valence-corrected chi connectivity index (χ0v) is 16.2. The summed E-state index contributed by atoms with van der Waals surface area (Å²) in [6, 6.07) is 2.57. The van der Waals surface area contributed by atoms with Crippen LogP contribution < -0.4 is 5.32 Å². The highest BCUT2D eigenvalue weighted by Crippen LogP contribution is 2.33. The minimum atomic E-state index is -0.442. The maximum atomic E-state index is 12.7. The Hall–Kier alpha value is -2.21. The Bertz CT molecular complexity index is 800. The number of hydrogen-bond donors (Lipinski definition) is 1. The summed E-state index contributed by atoms with van der Waals surface area (Å²) in [4.78, 5) is 26.4. The molecule has 6 heteroatoms. The summed E-state index contributed by atoms with van der Waals surface area (Å²) in [7, 11) is 0. The number of aryl methyl sites for hydroxylation is 1. The predicted octanol–water partition coefficient (Wildman–Crippen LogP) is 3.42. The first kappa shape index (κ1) is 18.6. The van der Waals surface area contributed by atoms with Crippen molar-refractivity contribution >= 4 is 35.2 Å². The minimum Gasteiger partial charge on any atom is -0.346 e. The number of thiocarbonyl (C=S) groups is 1. The molecule has 0 radical (unpaired) electrons. The van der Waals surface area contributed by atoms with Gasteiger partial charge in [-0.15, -0.1) is 6.58 Å². The lowest BCUT2D eigenvalue weighted by molar-refractivity contribution is -0.128. The van der Waals surface area contributed by atoms with E-state index in [0.717, 1.165) is 11.3 Å². The van der Waals surface area contributed by atoms with E-state index in [4.69, 9.17) is 12.2 Å². The van der Waals surface area contributed by atoms with Crippen molar-refractivity contribution in [2.45, 2.75) is 52.0 Å². The second kappa shape index (κ2) is 7.58. The molecule has 2 aliphatic rings. The van der Waals surface area contributed by atoms with E-state index in [1.165, 1.54) is 42.7 Å². The van der Waals surface area contributed by atoms with Crippen LogP contribution in [0.4, 0.5) is 0 Å². The smallest absolute Gasteiger partial charge is 0.265 e. The number of carbonyl (C=O) groups is 2.